The lowest BCUT2D eigenvalue weighted by atomic mass is 9.98. The van der Waals surface area contributed by atoms with Gasteiger partial charge >= 0.3 is 6.16 Å². The summed E-state index contributed by atoms with van der Waals surface area (Å²) in [7, 11) is 2.16. The van der Waals surface area contributed by atoms with E-state index in [0.717, 1.165) is 62.9 Å². The number of quaternary nitrogens is 1. The number of ether oxygens (including phenoxy) is 3. The highest BCUT2D eigenvalue weighted by Gasteiger charge is 2.42. The molecule has 0 aromatic carbocycles. The molecule has 0 radical (unpaired) electrons. The summed E-state index contributed by atoms with van der Waals surface area (Å²) in [5, 5.41) is 0. The summed E-state index contributed by atoms with van der Waals surface area (Å²) in [6, 6.07) is 0. The summed E-state index contributed by atoms with van der Waals surface area (Å²) in [6.45, 7) is 8.70. The van der Waals surface area contributed by atoms with E-state index in [2.05, 4.69) is 42.6 Å². The zero-order valence-electron chi connectivity index (χ0n) is 20.9. The molecule has 1 saturated carbocycles. The Morgan fingerprint density at radius 1 is 1.18 bits per heavy atom. The molecule has 1 aromatic heterocycles. The molecule has 0 saturated heterocycles. The number of aromatic nitrogens is 2. The topological polar surface area (TPSA) is 70.5 Å². The van der Waals surface area contributed by atoms with Crippen molar-refractivity contribution in [3.63, 3.8) is 0 Å². The second-order valence-corrected chi connectivity index (χ2v) is 10.6. The molecule has 1 aliphatic heterocycles. The molecule has 0 amide bonds. The van der Waals surface area contributed by atoms with Crippen molar-refractivity contribution in [1.29, 1.82) is 0 Å². The van der Waals surface area contributed by atoms with E-state index in [-0.39, 0.29) is 18.2 Å². The number of carbonyl (C=O) groups is 1. The van der Waals surface area contributed by atoms with Crippen LogP contribution < -0.4 is 4.74 Å². The van der Waals surface area contributed by atoms with Crippen LogP contribution >= 0.6 is 11.7 Å². The minimum absolute atomic E-state index is 0.000653. The van der Waals surface area contributed by atoms with Crippen molar-refractivity contribution in [2.75, 3.05) is 26.7 Å². The molecule has 0 bridgehead atoms. The maximum absolute atomic E-state index is 12.7. The van der Waals surface area contributed by atoms with Crippen molar-refractivity contribution in [2.24, 2.45) is 5.92 Å². The number of rotatable bonds is 11. The molecule has 186 valence electrons. The lowest BCUT2D eigenvalue weighted by Crippen LogP contribution is -2.58. The lowest BCUT2D eigenvalue weighted by Gasteiger charge is -2.44. The van der Waals surface area contributed by atoms with Gasteiger partial charge < -0.3 is 14.2 Å². The van der Waals surface area contributed by atoms with Crippen LogP contribution in [0.4, 0.5) is 4.79 Å². The molecular weight excluding hydrogens is 438 g/mol. The lowest BCUT2D eigenvalue weighted by molar-refractivity contribution is -0.950. The second-order valence-electron chi connectivity index (χ2n) is 10.1. The van der Waals surface area contributed by atoms with Crippen molar-refractivity contribution >= 4 is 23.5 Å². The van der Waals surface area contributed by atoms with Gasteiger partial charge in [0, 0.05) is 17.9 Å². The Bertz CT molecular complexity index is 775. The summed E-state index contributed by atoms with van der Waals surface area (Å²) >= 11 is 1.19. The number of carbonyl (C=O) groups excluding carboxylic acids is 1. The van der Waals surface area contributed by atoms with Crippen LogP contribution in [-0.4, -0.2) is 58.5 Å². The first kappa shape index (κ1) is 25.9. The van der Waals surface area contributed by atoms with E-state index in [1.165, 1.54) is 37.4 Å². The van der Waals surface area contributed by atoms with Crippen LogP contribution in [-0.2, 0) is 9.47 Å². The van der Waals surface area contributed by atoms with E-state index >= 15 is 0 Å². The van der Waals surface area contributed by atoms with Gasteiger partial charge in [-0.05, 0) is 32.1 Å². The van der Waals surface area contributed by atoms with Crippen LogP contribution in [0.15, 0.2) is 6.08 Å². The Morgan fingerprint density at radius 3 is 2.70 bits per heavy atom. The van der Waals surface area contributed by atoms with Gasteiger partial charge in [0.1, 0.15) is 18.3 Å². The summed E-state index contributed by atoms with van der Waals surface area (Å²) < 4.78 is 27.2. The highest BCUT2D eigenvalue weighted by atomic mass is 32.1. The van der Waals surface area contributed by atoms with Crippen molar-refractivity contribution in [3.05, 3.63) is 11.8 Å². The number of hydrogen-bond acceptors (Lipinski definition) is 7. The van der Waals surface area contributed by atoms with E-state index in [1.807, 2.05) is 0 Å². The van der Waals surface area contributed by atoms with Crippen LogP contribution in [0, 0.1) is 5.92 Å². The number of hydrogen-bond donors (Lipinski definition) is 0. The predicted molar refractivity (Wildman–Crippen MR) is 131 cm³/mol. The maximum Gasteiger partial charge on any atom is 0.513 e. The molecule has 1 fully saturated rings. The molecule has 1 aromatic rings. The molecule has 3 rings (SSSR count). The number of likely N-dealkylation sites (N-methyl/N-ethyl adjacent to an activating group) is 1. The van der Waals surface area contributed by atoms with Gasteiger partial charge in [-0.1, -0.05) is 52.5 Å². The highest BCUT2D eigenvalue weighted by Crippen LogP contribution is 2.33. The molecule has 0 spiro atoms. The summed E-state index contributed by atoms with van der Waals surface area (Å²) in [6.07, 6.45) is 12.3. The van der Waals surface area contributed by atoms with Gasteiger partial charge in [0.25, 0.3) is 5.88 Å². The number of unbranched alkanes of at least 4 members (excludes halogenated alkanes) is 3. The molecule has 2 atom stereocenters. The largest absolute Gasteiger partial charge is 0.513 e. The fourth-order valence-corrected chi connectivity index (χ4v) is 5.58. The molecule has 7 nitrogen and oxygen atoms in total. The van der Waals surface area contributed by atoms with Crippen molar-refractivity contribution in [3.8, 4) is 5.88 Å². The van der Waals surface area contributed by atoms with Crippen LogP contribution in [0.2, 0.25) is 0 Å². The van der Waals surface area contributed by atoms with Crippen molar-refractivity contribution in [1.82, 2.24) is 8.75 Å². The third-order valence-corrected chi connectivity index (χ3v) is 7.29. The molecular formula is C25H42N3O4S+. The maximum atomic E-state index is 12.7. The normalized spacial score (nSPS) is 22.6. The molecule has 1 aliphatic carbocycles. The van der Waals surface area contributed by atoms with E-state index in [4.69, 9.17) is 14.2 Å². The Kier molecular flexibility index (Phi) is 9.98. The molecule has 0 N–H and O–H groups in total. The first-order valence-electron chi connectivity index (χ1n) is 12.8. The average molecular weight is 481 g/mol. The summed E-state index contributed by atoms with van der Waals surface area (Å²) in [5.74, 6) is 0.797. The summed E-state index contributed by atoms with van der Waals surface area (Å²) in [4.78, 5) is 12.7. The van der Waals surface area contributed by atoms with Crippen LogP contribution in [0.3, 0.4) is 0 Å². The molecule has 2 unspecified atom stereocenters. The van der Waals surface area contributed by atoms with E-state index < -0.39 is 6.16 Å². The first-order chi connectivity index (χ1) is 15.9. The van der Waals surface area contributed by atoms with Crippen LogP contribution in [0.25, 0.3) is 5.57 Å². The van der Waals surface area contributed by atoms with Gasteiger partial charge in [0.15, 0.2) is 0 Å². The van der Waals surface area contributed by atoms with Crippen LogP contribution in [0.5, 0.6) is 5.88 Å². The van der Waals surface area contributed by atoms with E-state index in [9.17, 15) is 4.79 Å². The number of nitrogens with zero attached hydrogens (tertiary/aromatic N) is 3. The second kappa shape index (κ2) is 12.7. The Morgan fingerprint density at radius 2 is 1.97 bits per heavy atom. The third-order valence-electron chi connectivity index (χ3n) is 6.78. The zero-order valence-corrected chi connectivity index (χ0v) is 21.7. The van der Waals surface area contributed by atoms with Gasteiger partial charge in [0.05, 0.1) is 31.9 Å². The van der Waals surface area contributed by atoms with E-state index in [0.29, 0.717) is 17.0 Å². The Balaban J connectivity index is 1.63. The minimum Gasteiger partial charge on any atom is -0.475 e. The summed E-state index contributed by atoms with van der Waals surface area (Å²) in [5.41, 5.74) is 1.96. The molecule has 2 heterocycles. The Labute approximate surface area is 203 Å². The fourth-order valence-electron chi connectivity index (χ4n) is 5.05. The third kappa shape index (κ3) is 7.41. The van der Waals surface area contributed by atoms with Crippen LogP contribution in [0.1, 0.15) is 90.7 Å². The van der Waals surface area contributed by atoms with Gasteiger partial charge in [-0.2, -0.15) is 4.37 Å². The average Bonchev–Trinajstić information content (AvgIpc) is 3.26. The quantitative estimate of drug-likeness (QED) is 0.213. The van der Waals surface area contributed by atoms with Gasteiger partial charge in [-0.3, -0.25) is 4.48 Å². The van der Waals surface area contributed by atoms with Crippen molar-refractivity contribution < 1.29 is 23.5 Å². The molecule has 8 heteroatoms. The van der Waals surface area contributed by atoms with Gasteiger partial charge in [-0.15, -0.1) is 4.37 Å². The highest BCUT2D eigenvalue weighted by molar-refractivity contribution is 6.99. The smallest absolute Gasteiger partial charge is 0.475 e. The van der Waals surface area contributed by atoms with Gasteiger partial charge in [-0.25, -0.2) is 4.79 Å². The SMILES string of the molecule is CCCCCCOc1nsnc1C1=CCC[N+](C)(C(OC(=O)OC2CCCCC2)C(C)C)C1. The predicted octanol–water partition coefficient (Wildman–Crippen LogP) is 6.20. The van der Waals surface area contributed by atoms with Gasteiger partial charge in [0.2, 0.25) is 6.23 Å². The standard InChI is InChI=1S/C25H42N3O4S/c1-5-6-7-11-17-30-23-22(26-33-27-23)20-13-12-16-28(4,18-20)24(19(2)3)32-25(29)31-21-14-9-8-10-15-21/h13,19,21,24H,5-12,14-18H2,1-4H3/q+1. The first-order valence-corrected chi connectivity index (χ1v) is 13.5. The zero-order chi connectivity index (χ0) is 23.7. The van der Waals surface area contributed by atoms with E-state index in [1.54, 1.807) is 0 Å². The monoisotopic (exact) mass is 480 g/mol. The fraction of sp³-hybridized carbons (Fsp3) is 0.800. The van der Waals surface area contributed by atoms with Crippen molar-refractivity contribution in [2.45, 2.75) is 97.3 Å². The minimum atomic E-state index is -0.525. The molecule has 33 heavy (non-hydrogen) atoms. The molecule has 2 aliphatic rings. The Hall–Kier alpha value is -1.67.